The van der Waals surface area contributed by atoms with Crippen LogP contribution in [0.2, 0.25) is 5.02 Å². The van der Waals surface area contributed by atoms with Crippen molar-refractivity contribution in [3.63, 3.8) is 0 Å². The van der Waals surface area contributed by atoms with Gasteiger partial charge in [0.25, 0.3) is 0 Å². The van der Waals surface area contributed by atoms with Gasteiger partial charge in [-0.25, -0.2) is 0 Å². The summed E-state index contributed by atoms with van der Waals surface area (Å²) in [5.74, 6) is 2.09. The molecule has 0 fully saturated rings. The fourth-order valence-electron chi connectivity index (χ4n) is 2.23. The van der Waals surface area contributed by atoms with E-state index in [1.807, 2.05) is 36.4 Å². The largest absolute Gasteiger partial charge is 0.489 e. The van der Waals surface area contributed by atoms with E-state index in [9.17, 15) is 0 Å². The van der Waals surface area contributed by atoms with Crippen molar-refractivity contribution < 1.29 is 4.74 Å². The highest BCUT2D eigenvalue weighted by Gasteiger charge is 2.10. The molecule has 112 valence electrons. The molecule has 0 N–H and O–H groups in total. The Morgan fingerprint density at radius 3 is 2.57 bits per heavy atom. The average Bonchev–Trinajstić information content (AvgIpc) is 2.49. The van der Waals surface area contributed by atoms with E-state index in [0.29, 0.717) is 23.4 Å². The lowest BCUT2D eigenvalue weighted by molar-refractivity contribution is 0.301. The molecule has 0 heterocycles. The Morgan fingerprint density at radius 1 is 1.10 bits per heavy atom. The summed E-state index contributed by atoms with van der Waals surface area (Å²) >= 11 is 11.9. The second kappa shape index (κ2) is 8.31. The predicted molar refractivity (Wildman–Crippen MR) is 90.4 cm³/mol. The standard InChI is InChI=1S/C18H20Cl2O/c1-14(9-10-19)11-16-7-8-17(20)12-18(16)21-13-15-5-3-2-4-6-15/h2-8,12,14H,9-11,13H2,1H3. The summed E-state index contributed by atoms with van der Waals surface area (Å²) in [7, 11) is 0. The Morgan fingerprint density at radius 2 is 1.86 bits per heavy atom. The summed E-state index contributed by atoms with van der Waals surface area (Å²) in [6.07, 6.45) is 1.95. The van der Waals surface area contributed by atoms with Crippen molar-refractivity contribution >= 4 is 23.2 Å². The topological polar surface area (TPSA) is 9.23 Å². The maximum Gasteiger partial charge on any atom is 0.124 e. The third-order valence-corrected chi connectivity index (χ3v) is 3.89. The van der Waals surface area contributed by atoms with Crippen LogP contribution in [0.1, 0.15) is 24.5 Å². The van der Waals surface area contributed by atoms with Gasteiger partial charge in [0.2, 0.25) is 0 Å². The Bertz CT molecular complexity index is 554. The van der Waals surface area contributed by atoms with Crippen LogP contribution < -0.4 is 4.74 Å². The van der Waals surface area contributed by atoms with E-state index in [0.717, 1.165) is 24.2 Å². The van der Waals surface area contributed by atoms with E-state index in [1.165, 1.54) is 5.56 Å². The highest BCUT2D eigenvalue weighted by Crippen LogP contribution is 2.27. The fourth-order valence-corrected chi connectivity index (χ4v) is 2.77. The third kappa shape index (κ3) is 5.26. The molecule has 0 aliphatic carbocycles. The normalized spacial score (nSPS) is 12.1. The summed E-state index contributed by atoms with van der Waals surface area (Å²) in [6.45, 7) is 2.76. The van der Waals surface area contributed by atoms with Crippen LogP contribution in [-0.4, -0.2) is 5.88 Å². The minimum Gasteiger partial charge on any atom is -0.489 e. The van der Waals surface area contributed by atoms with E-state index in [2.05, 4.69) is 19.1 Å². The van der Waals surface area contributed by atoms with Crippen LogP contribution in [0.4, 0.5) is 0 Å². The zero-order chi connectivity index (χ0) is 15.1. The molecule has 0 amide bonds. The summed E-state index contributed by atoms with van der Waals surface area (Å²) in [5, 5.41) is 0.701. The van der Waals surface area contributed by atoms with Crippen LogP contribution in [0, 0.1) is 5.92 Å². The fraction of sp³-hybridized carbons (Fsp3) is 0.333. The number of alkyl halides is 1. The van der Waals surface area contributed by atoms with Crippen LogP contribution in [0.3, 0.4) is 0 Å². The Hall–Kier alpha value is -1.18. The molecule has 2 rings (SSSR count). The van der Waals surface area contributed by atoms with Crippen molar-refractivity contribution in [2.24, 2.45) is 5.92 Å². The number of hydrogen-bond donors (Lipinski definition) is 0. The number of ether oxygens (including phenoxy) is 1. The van der Waals surface area contributed by atoms with Crippen LogP contribution in [0.25, 0.3) is 0 Å². The van der Waals surface area contributed by atoms with Crippen molar-refractivity contribution in [3.05, 3.63) is 64.7 Å². The summed E-state index contributed by atoms with van der Waals surface area (Å²) < 4.78 is 5.97. The van der Waals surface area contributed by atoms with Gasteiger partial charge in [0.1, 0.15) is 12.4 Å². The SMILES string of the molecule is CC(CCCl)Cc1ccc(Cl)cc1OCc1ccccc1. The van der Waals surface area contributed by atoms with Crippen LogP contribution in [-0.2, 0) is 13.0 Å². The van der Waals surface area contributed by atoms with Gasteiger partial charge >= 0.3 is 0 Å². The van der Waals surface area contributed by atoms with Crippen LogP contribution >= 0.6 is 23.2 Å². The number of hydrogen-bond acceptors (Lipinski definition) is 1. The number of rotatable bonds is 7. The van der Waals surface area contributed by atoms with Crippen molar-refractivity contribution in [2.45, 2.75) is 26.4 Å². The molecule has 0 spiro atoms. The Labute approximate surface area is 136 Å². The number of benzene rings is 2. The molecule has 2 aromatic rings. The van der Waals surface area contributed by atoms with Gasteiger partial charge in [-0.1, -0.05) is 54.9 Å². The molecule has 3 heteroatoms. The summed E-state index contributed by atoms with van der Waals surface area (Å²) in [4.78, 5) is 0. The Balaban J connectivity index is 2.08. The molecule has 0 aliphatic rings. The lowest BCUT2D eigenvalue weighted by atomic mass is 9.98. The molecular weight excluding hydrogens is 303 g/mol. The first-order valence-corrected chi connectivity index (χ1v) is 8.11. The smallest absolute Gasteiger partial charge is 0.124 e. The summed E-state index contributed by atoms with van der Waals surface area (Å²) in [6, 6.07) is 16.0. The maximum absolute atomic E-state index is 6.10. The highest BCUT2D eigenvalue weighted by atomic mass is 35.5. The predicted octanol–water partition coefficient (Wildman–Crippen LogP) is 5.73. The van der Waals surface area contributed by atoms with Crippen molar-refractivity contribution in [1.29, 1.82) is 0 Å². The number of halogens is 2. The monoisotopic (exact) mass is 322 g/mol. The van der Waals surface area contributed by atoms with Gasteiger partial charge in [-0.05, 0) is 42.0 Å². The molecule has 21 heavy (non-hydrogen) atoms. The molecule has 0 saturated heterocycles. The molecule has 0 radical (unpaired) electrons. The molecule has 0 bridgehead atoms. The zero-order valence-electron chi connectivity index (χ0n) is 12.2. The van der Waals surface area contributed by atoms with Gasteiger partial charge in [-0.3, -0.25) is 0 Å². The highest BCUT2D eigenvalue weighted by molar-refractivity contribution is 6.30. The van der Waals surface area contributed by atoms with Crippen LogP contribution in [0.15, 0.2) is 48.5 Å². The molecule has 2 aromatic carbocycles. The summed E-state index contributed by atoms with van der Waals surface area (Å²) in [5.41, 5.74) is 2.34. The molecule has 0 aromatic heterocycles. The van der Waals surface area contributed by atoms with Gasteiger partial charge in [-0.15, -0.1) is 11.6 Å². The third-order valence-electron chi connectivity index (χ3n) is 3.44. The van der Waals surface area contributed by atoms with E-state index >= 15 is 0 Å². The lowest BCUT2D eigenvalue weighted by Crippen LogP contribution is -2.04. The first-order valence-electron chi connectivity index (χ1n) is 7.20. The first-order chi connectivity index (χ1) is 10.2. The second-order valence-corrected chi connectivity index (χ2v) is 6.13. The van der Waals surface area contributed by atoms with E-state index in [-0.39, 0.29) is 0 Å². The van der Waals surface area contributed by atoms with Crippen molar-refractivity contribution in [1.82, 2.24) is 0 Å². The molecule has 1 unspecified atom stereocenters. The zero-order valence-corrected chi connectivity index (χ0v) is 13.7. The van der Waals surface area contributed by atoms with Gasteiger partial charge in [0.05, 0.1) is 0 Å². The first kappa shape index (κ1) is 16.2. The lowest BCUT2D eigenvalue weighted by Gasteiger charge is -2.15. The Kier molecular flexibility index (Phi) is 6.41. The molecule has 1 nitrogen and oxygen atoms in total. The maximum atomic E-state index is 6.10. The van der Waals surface area contributed by atoms with Gasteiger partial charge < -0.3 is 4.74 Å². The minimum atomic E-state index is 0.530. The van der Waals surface area contributed by atoms with Crippen molar-refractivity contribution in [2.75, 3.05) is 5.88 Å². The van der Waals surface area contributed by atoms with E-state index in [1.54, 1.807) is 0 Å². The van der Waals surface area contributed by atoms with Gasteiger partial charge in [-0.2, -0.15) is 0 Å². The molecule has 0 aliphatic heterocycles. The second-order valence-electron chi connectivity index (χ2n) is 5.31. The average molecular weight is 323 g/mol. The molecule has 1 atom stereocenters. The quantitative estimate of drug-likeness (QED) is 0.592. The van der Waals surface area contributed by atoms with Gasteiger partial charge in [0, 0.05) is 10.9 Å². The van der Waals surface area contributed by atoms with E-state index < -0.39 is 0 Å². The van der Waals surface area contributed by atoms with Gasteiger partial charge in [0.15, 0.2) is 0 Å². The van der Waals surface area contributed by atoms with Crippen molar-refractivity contribution in [3.8, 4) is 5.75 Å². The molecular formula is C18H20Cl2O. The molecule has 0 saturated carbocycles. The van der Waals surface area contributed by atoms with E-state index in [4.69, 9.17) is 27.9 Å². The minimum absolute atomic E-state index is 0.530. The van der Waals surface area contributed by atoms with Crippen LogP contribution in [0.5, 0.6) is 5.75 Å².